The second-order valence-corrected chi connectivity index (χ2v) is 17.9. The third-order valence-electron chi connectivity index (χ3n) is 6.89. The van der Waals surface area contributed by atoms with Gasteiger partial charge < -0.3 is 13.3 Å². The molecule has 0 saturated carbocycles. The Morgan fingerprint density at radius 2 is 1.70 bits per heavy atom. The summed E-state index contributed by atoms with van der Waals surface area (Å²) in [5.41, 5.74) is 1.42. The van der Waals surface area contributed by atoms with E-state index in [1.54, 1.807) is 0 Å². The summed E-state index contributed by atoms with van der Waals surface area (Å²) in [5, 5.41) is 2.88. The molecule has 3 aliphatic heterocycles. The molecule has 1 aromatic rings. The largest absolute Gasteiger partial charge is 0.416 e. The van der Waals surface area contributed by atoms with Gasteiger partial charge in [-0.25, -0.2) is 0 Å². The maximum absolute atomic E-state index is 7.15. The number of rotatable bonds is 6. The summed E-state index contributed by atoms with van der Waals surface area (Å²) >= 11 is 0. The highest BCUT2D eigenvalue weighted by Crippen LogP contribution is 2.39. The van der Waals surface area contributed by atoms with Crippen LogP contribution in [-0.2, 0) is 19.3 Å². The van der Waals surface area contributed by atoms with Gasteiger partial charge in [0, 0.05) is 13.2 Å². The van der Waals surface area contributed by atoms with Gasteiger partial charge in [0.05, 0.1) is 5.60 Å². The maximum atomic E-state index is 7.15. The van der Waals surface area contributed by atoms with Crippen molar-refractivity contribution >= 4 is 31.6 Å². The number of allylic oxidation sites excluding steroid dienone is 1. The molecule has 3 saturated heterocycles. The van der Waals surface area contributed by atoms with Gasteiger partial charge in [-0.1, -0.05) is 48.7 Å². The molecule has 0 bridgehead atoms. The average molecular weight is 459 g/mol. The fourth-order valence-electron chi connectivity index (χ4n) is 5.33. The van der Waals surface area contributed by atoms with E-state index in [9.17, 15) is 0 Å². The van der Waals surface area contributed by atoms with Crippen molar-refractivity contribution in [1.29, 1.82) is 0 Å². The minimum Gasteiger partial charge on any atom is -0.416 e. The normalized spacial score (nSPS) is 28.3. The highest BCUT2D eigenvalue weighted by Gasteiger charge is 2.49. The second kappa shape index (κ2) is 9.96. The van der Waals surface area contributed by atoms with Gasteiger partial charge in [-0.3, -0.25) is 0 Å². The fraction of sp³-hybridized carbons (Fsp3) is 0.667. The lowest BCUT2D eigenvalue weighted by Crippen LogP contribution is -2.61. The molecule has 30 heavy (non-hydrogen) atoms. The van der Waals surface area contributed by atoms with Crippen molar-refractivity contribution < 1.29 is 13.3 Å². The van der Waals surface area contributed by atoms with Gasteiger partial charge in [-0.15, -0.1) is 6.58 Å². The van der Waals surface area contributed by atoms with E-state index in [4.69, 9.17) is 19.9 Å². The van der Waals surface area contributed by atoms with E-state index >= 15 is 0 Å². The molecule has 0 aromatic heterocycles. The van der Waals surface area contributed by atoms with Crippen LogP contribution < -0.4 is 5.19 Å². The van der Waals surface area contributed by atoms with E-state index in [0.29, 0.717) is 0 Å². The molecule has 0 amide bonds. The predicted molar refractivity (Wildman–Crippen MR) is 130 cm³/mol. The first-order valence-electron chi connectivity index (χ1n) is 11.9. The smallest absolute Gasteiger partial charge is 0.252 e. The lowest BCUT2D eigenvalue weighted by Gasteiger charge is -2.46. The fourth-order valence-corrected chi connectivity index (χ4v) is 15.6. The van der Waals surface area contributed by atoms with Crippen LogP contribution in [0.5, 0.6) is 0 Å². The van der Waals surface area contributed by atoms with E-state index in [2.05, 4.69) is 38.1 Å². The van der Waals surface area contributed by atoms with Crippen LogP contribution in [0, 0.1) is 0 Å². The highest BCUT2D eigenvalue weighted by atomic mass is 28.4. The third-order valence-corrected chi connectivity index (χ3v) is 16.5. The molecule has 4 rings (SSSR count). The Bertz CT molecular complexity index is 726. The standard InChI is InChI=1S/C24H38O3Si3/c1-21(19-28-16-8-6-14-25-28)30(18-10-13-24(2,3)27-30)23-12-5-4-11-22(23)20-29-17-9-7-15-26-29/h4-5,11-12H,1,6-10,13-20H2,2-3H3. The van der Waals surface area contributed by atoms with E-state index < -0.39 is 26.4 Å². The van der Waals surface area contributed by atoms with Gasteiger partial charge in [-0.05, 0) is 74.1 Å². The molecule has 164 valence electrons. The number of benzene rings is 1. The molecule has 3 aliphatic rings. The SMILES string of the molecule is C=C(C[Si]1CCCCO1)[Si]1(c2ccccc2C[Si]2CCCCO2)CCCC(C)(C)O1. The van der Waals surface area contributed by atoms with Crippen molar-refractivity contribution in [2.24, 2.45) is 0 Å². The first-order valence-corrected chi connectivity index (χ1v) is 17.7. The van der Waals surface area contributed by atoms with Crippen LogP contribution in [-0.4, -0.2) is 45.2 Å². The van der Waals surface area contributed by atoms with Crippen molar-refractivity contribution in [2.75, 3.05) is 13.2 Å². The van der Waals surface area contributed by atoms with Gasteiger partial charge in [0.1, 0.15) is 0 Å². The second-order valence-electron chi connectivity index (χ2n) is 9.85. The van der Waals surface area contributed by atoms with Crippen molar-refractivity contribution in [2.45, 2.75) is 88.2 Å². The quantitative estimate of drug-likeness (QED) is 0.548. The zero-order valence-corrected chi connectivity index (χ0v) is 21.9. The topological polar surface area (TPSA) is 27.7 Å². The molecule has 1 aromatic carbocycles. The van der Waals surface area contributed by atoms with Gasteiger partial charge >= 0.3 is 0 Å². The summed E-state index contributed by atoms with van der Waals surface area (Å²) in [6.07, 6.45) is 7.49. The molecule has 0 N–H and O–H groups in total. The van der Waals surface area contributed by atoms with Crippen LogP contribution in [0.2, 0.25) is 24.2 Å². The molecule has 2 radical (unpaired) electrons. The summed E-state index contributed by atoms with van der Waals surface area (Å²) in [5.74, 6) is 0. The zero-order chi connectivity index (χ0) is 21.0. The molecule has 3 fully saturated rings. The molecular weight excluding hydrogens is 421 g/mol. The van der Waals surface area contributed by atoms with E-state index in [1.165, 1.54) is 66.2 Å². The number of hydrogen-bond donors (Lipinski definition) is 0. The Hall–Kier alpha value is -0.509. The van der Waals surface area contributed by atoms with Crippen molar-refractivity contribution in [3.63, 3.8) is 0 Å². The third kappa shape index (κ3) is 5.27. The summed E-state index contributed by atoms with van der Waals surface area (Å²) in [7, 11) is -3.83. The molecule has 0 aliphatic carbocycles. The minimum atomic E-state index is -2.30. The molecule has 6 heteroatoms. The van der Waals surface area contributed by atoms with Gasteiger partial charge in [-0.2, -0.15) is 0 Å². The predicted octanol–water partition coefficient (Wildman–Crippen LogP) is 5.21. The van der Waals surface area contributed by atoms with Gasteiger partial charge in [0.2, 0.25) is 18.1 Å². The summed E-state index contributed by atoms with van der Waals surface area (Å²) in [4.78, 5) is 0. The molecule has 3 nitrogen and oxygen atoms in total. The zero-order valence-electron chi connectivity index (χ0n) is 18.9. The Morgan fingerprint density at radius 1 is 1.00 bits per heavy atom. The maximum Gasteiger partial charge on any atom is 0.252 e. The average Bonchev–Trinajstić information content (AvgIpc) is 2.75. The molecule has 1 atom stereocenters. The Morgan fingerprint density at radius 3 is 2.37 bits per heavy atom. The summed E-state index contributed by atoms with van der Waals surface area (Å²) in [6, 6.07) is 15.0. The van der Waals surface area contributed by atoms with Crippen LogP contribution >= 0.6 is 0 Å². The van der Waals surface area contributed by atoms with E-state index in [0.717, 1.165) is 31.7 Å². The first kappa shape index (κ1) is 22.7. The van der Waals surface area contributed by atoms with Crippen LogP contribution in [0.15, 0.2) is 36.0 Å². The van der Waals surface area contributed by atoms with Crippen molar-refractivity contribution in [1.82, 2.24) is 0 Å². The van der Waals surface area contributed by atoms with Crippen LogP contribution in [0.3, 0.4) is 0 Å². The van der Waals surface area contributed by atoms with Crippen molar-refractivity contribution in [3.05, 3.63) is 41.6 Å². The Kier molecular flexibility index (Phi) is 7.53. The van der Waals surface area contributed by atoms with Crippen LogP contribution in [0.1, 0.15) is 57.9 Å². The summed E-state index contributed by atoms with van der Waals surface area (Å²) < 4.78 is 19.6. The van der Waals surface area contributed by atoms with Crippen LogP contribution in [0.25, 0.3) is 0 Å². The Labute approximate surface area is 187 Å². The minimum absolute atomic E-state index is 0.0684. The lowest BCUT2D eigenvalue weighted by atomic mass is 10.0. The number of hydrogen-bond acceptors (Lipinski definition) is 3. The van der Waals surface area contributed by atoms with E-state index in [1.807, 2.05) is 0 Å². The molecule has 0 spiro atoms. The lowest BCUT2D eigenvalue weighted by molar-refractivity contribution is 0.0756. The van der Waals surface area contributed by atoms with Gasteiger partial charge in [0.15, 0.2) is 0 Å². The first-order chi connectivity index (χ1) is 14.5. The molecular formula is C24H38O3Si3. The van der Waals surface area contributed by atoms with E-state index in [-0.39, 0.29) is 5.60 Å². The highest BCUT2D eigenvalue weighted by molar-refractivity contribution is 6.94. The summed E-state index contributed by atoms with van der Waals surface area (Å²) in [6.45, 7) is 11.2. The Balaban J connectivity index is 1.65. The monoisotopic (exact) mass is 458 g/mol. The molecule has 3 heterocycles. The van der Waals surface area contributed by atoms with Crippen molar-refractivity contribution in [3.8, 4) is 0 Å². The van der Waals surface area contributed by atoms with Crippen LogP contribution in [0.4, 0.5) is 0 Å². The molecule has 1 unspecified atom stereocenters. The van der Waals surface area contributed by atoms with Gasteiger partial charge in [0.25, 0.3) is 8.32 Å².